The molecule has 0 atom stereocenters. The molecule has 4 heteroatoms. The van der Waals surface area contributed by atoms with Gasteiger partial charge in [0.15, 0.2) is 0 Å². The summed E-state index contributed by atoms with van der Waals surface area (Å²) >= 11 is 7.60. The smallest absolute Gasteiger partial charge is 0.222 e. The lowest BCUT2D eigenvalue weighted by Gasteiger charge is -2.18. The van der Waals surface area contributed by atoms with Crippen molar-refractivity contribution in [1.82, 2.24) is 9.97 Å². The van der Waals surface area contributed by atoms with Gasteiger partial charge in [-0.25, -0.2) is 9.97 Å². The normalized spacial score (nSPS) is 11.8. The van der Waals surface area contributed by atoms with E-state index in [1.165, 1.54) is 0 Å². The third kappa shape index (κ3) is 2.42. The number of hydrogen-bond donors (Lipinski definition) is 0. The van der Waals surface area contributed by atoms with E-state index in [0.717, 1.165) is 17.0 Å². The van der Waals surface area contributed by atoms with Crippen LogP contribution >= 0.6 is 22.9 Å². The van der Waals surface area contributed by atoms with E-state index in [1.54, 1.807) is 11.3 Å². The van der Waals surface area contributed by atoms with Crippen molar-refractivity contribution in [3.05, 3.63) is 33.9 Å². The molecule has 0 aromatic carbocycles. The number of nitrogens with zero attached hydrogens (tertiary/aromatic N) is 2. The molecule has 0 fully saturated rings. The quantitative estimate of drug-likeness (QED) is 0.713. The van der Waals surface area contributed by atoms with Crippen LogP contribution in [-0.2, 0) is 5.41 Å². The first-order chi connectivity index (χ1) is 7.47. The number of rotatable bonds is 1. The second-order valence-corrected chi connectivity index (χ2v) is 5.79. The lowest BCUT2D eigenvalue weighted by atomic mass is 9.91. The zero-order valence-corrected chi connectivity index (χ0v) is 11.1. The van der Waals surface area contributed by atoms with Gasteiger partial charge in [-0.1, -0.05) is 20.8 Å². The second-order valence-electron chi connectivity index (χ2n) is 4.67. The Balaban J connectivity index is 2.53. The van der Waals surface area contributed by atoms with Gasteiger partial charge in [0.1, 0.15) is 0 Å². The van der Waals surface area contributed by atoms with Crippen LogP contribution in [0.5, 0.6) is 0 Å². The van der Waals surface area contributed by atoms with Gasteiger partial charge in [0.05, 0.1) is 11.4 Å². The van der Waals surface area contributed by atoms with Crippen LogP contribution in [-0.4, -0.2) is 9.97 Å². The van der Waals surface area contributed by atoms with Gasteiger partial charge in [-0.3, -0.25) is 0 Å². The highest BCUT2D eigenvalue weighted by Crippen LogP contribution is 2.27. The average Bonchev–Trinajstić information content (AvgIpc) is 2.68. The van der Waals surface area contributed by atoms with E-state index in [0.29, 0.717) is 5.28 Å². The van der Waals surface area contributed by atoms with Crippen LogP contribution < -0.4 is 0 Å². The number of hydrogen-bond acceptors (Lipinski definition) is 3. The van der Waals surface area contributed by atoms with Crippen molar-refractivity contribution in [2.24, 2.45) is 0 Å². The molecule has 0 amide bonds. The second kappa shape index (κ2) is 4.15. The fourth-order valence-corrected chi connectivity index (χ4v) is 2.19. The van der Waals surface area contributed by atoms with E-state index in [9.17, 15) is 0 Å². The minimum atomic E-state index is -0.0165. The molecule has 0 N–H and O–H groups in total. The molecule has 16 heavy (non-hydrogen) atoms. The van der Waals surface area contributed by atoms with E-state index in [-0.39, 0.29) is 5.41 Å². The number of halogens is 1. The van der Waals surface area contributed by atoms with E-state index < -0.39 is 0 Å². The monoisotopic (exact) mass is 252 g/mol. The predicted molar refractivity (Wildman–Crippen MR) is 69.1 cm³/mol. The molecular formula is C12H13ClN2S. The summed E-state index contributed by atoms with van der Waals surface area (Å²) in [6.07, 6.45) is 0. The molecule has 84 valence electrons. The molecule has 0 saturated heterocycles. The van der Waals surface area contributed by atoms with Crippen molar-refractivity contribution in [1.29, 1.82) is 0 Å². The number of thiophene rings is 1. The fourth-order valence-electron chi connectivity index (χ4n) is 1.36. The zero-order chi connectivity index (χ0) is 11.8. The summed E-state index contributed by atoms with van der Waals surface area (Å²) in [6, 6.07) is 4.05. The van der Waals surface area contributed by atoms with Crippen LogP contribution in [0.4, 0.5) is 0 Å². The fraction of sp³-hybridized carbons (Fsp3) is 0.333. The largest absolute Gasteiger partial charge is 0.223 e. The van der Waals surface area contributed by atoms with Gasteiger partial charge in [-0.05, 0) is 29.1 Å². The van der Waals surface area contributed by atoms with Crippen LogP contribution in [0.25, 0.3) is 11.3 Å². The Bertz CT molecular complexity index is 486. The summed E-state index contributed by atoms with van der Waals surface area (Å²) in [5.41, 5.74) is 2.94. The Labute approximate surface area is 104 Å². The molecule has 2 aromatic heterocycles. The summed E-state index contributed by atoms with van der Waals surface area (Å²) in [7, 11) is 0. The lowest BCUT2D eigenvalue weighted by Crippen LogP contribution is -2.14. The molecule has 2 heterocycles. The molecule has 0 bridgehead atoms. The average molecular weight is 253 g/mol. The van der Waals surface area contributed by atoms with E-state index in [1.807, 2.05) is 17.5 Å². The first kappa shape index (κ1) is 11.6. The maximum Gasteiger partial charge on any atom is 0.223 e. The van der Waals surface area contributed by atoms with Gasteiger partial charge >= 0.3 is 0 Å². The summed E-state index contributed by atoms with van der Waals surface area (Å²) in [5.74, 6) is 0. The molecule has 2 rings (SSSR count). The van der Waals surface area contributed by atoms with E-state index in [4.69, 9.17) is 11.6 Å². The molecule has 0 aliphatic heterocycles. The minimum Gasteiger partial charge on any atom is -0.222 e. The molecule has 0 aliphatic rings. The first-order valence-electron chi connectivity index (χ1n) is 5.04. The van der Waals surface area contributed by atoms with Gasteiger partial charge in [0.25, 0.3) is 0 Å². The third-order valence-corrected chi connectivity index (χ3v) is 3.14. The summed E-state index contributed by atoms with van der Waals surface area (Å²) in [4.78, 5) is 8.52. The Hall–Kier alpha value is -0.930. The first-order valence-corrected chi connectivity index (χ1v) is 6.36. The topological polar surface area (TPSA) is 25.8 Å². The maximum atomic E-state index is 5.95. The zero-order valence-electron chi connectivity index (χ0n) is 9.49. The van der Waals surface area contributed by atoms with Crippen LogP contribution in [0, 0.1) is 0 Å². The third-order valence-electron chi connectivity index (χ3n) is 2.28. The number of aromatic nitrogens is 2. The van der Waals surface area contributed by atoms with Gasteiger partial charge in [-0.15, -0.1) is 0 Å². The Morgan fingerprint density at radius 2 is 2.00 bits per heavy atom. The summed E-state index contributed by atoms with van der Waals surface area (Å²) in [6.45, 7) is 6.34. The van der Waals surface area contributed by atoms with Crippen LogP contribution in [0.3, 0.4) is 0 Å². The van der Waals surface area contributed by atoms with Crippen molar-refractivity contribution in [3.63, 3.8) is 0 Å². The Morgan fingerprint density at radius 1 is 1.25 bits per heavy atom. The van der Waals surface area contributed by atoms with E-state index >= 15 is 0 Å². The molecule has 2 nitrogen and oxygen atoms in total. The molecule has 0 unspecified atom stereocenters. The van der Waals surface area contributed by atoms with Crippen molar-refractivity contribution >= 4 is 22.9 Å². The van der Waals surface area contributed by atoms with Gasteiger partial charge in [-0.2, -0.15) is 11.3 Å². The SMILES string of the molecule is CC(C)(C)c1cc(-c2ccsc2)nc(Cl)n1. The van der Waals surface area contributed by atoms with Crippen LogP contribution in [0.1, 0.15) is 26.5 Å². The van der Waals surface area contributed by atoms with Crippen molar-refractivity contribution < 1.29 is 0 Å². The highest BCUT2D eigenvalue weighted by molar-refractivity contribution is 7.08. The Kier molecular flexibility index (Phi) is 3.00. The highest BCUT2D eigenvalue weighted by atomic mass is 35.5. The maximum absolute atomic E-state index is 5.95. The van der Waals surface area contributed by atoms with Gasteiger partial charge < -0.3 is 0 Å². The molecule has 0 saturated carbocycles. The van der Waals surface area contributed by atoms with Crippen LogP contribution in [0.15, 0.2) is 22.9 Å². The summed E-state index contributed by atoms with van der Waals surface area (Å²) in [5, 5.41) is 4.40. The van der Waals surface area contributed by atoms with Crippen molar-refractivity contribution in [2.75, 3.05) is 0 Å². The van der Waals surface area contributed by atoms with Crippen molar-refractivity contribution in [3.8, 4) is 11.3 Å². The molecular weight excluding hydrogens is 240 g/mol. The Morgan fingerprint density at radius 3 is 2.56 bits per heavy atom. The van der Waals surface area contributed by atoms with Crippen molar-refractivity contribution in [2.45, 2.75) is 26.2 Å². The molecule has 0 radical (unpaired) electrons. The summed E-state index contributed by atoms with van der Waals surface area (Å²) < 4.78 is 0. The molecule has 0 spiro atoms. The standard InChI is InChI=1S/C12H13ClN2S/c1-12(2,3)10-6-9(14-11(13)15-10)8-4-5-16-7-8/h4-7H,1-3H3. The molecule has 2 aromatic rings. The van der Waals surface area contributed by atoms with Gasteiger partial charge in [0.2, 0.25) is 5.28 Å². The highest BCUT2D eigenvalue weighted by Gasteiger charge is 2.18. The molecule has 0 aliphatic carbocycles. The lowest BCUT2D eigenvalue weighted by molar-refractivity contribution is 0.567. The predicted octanol–water partition coefficient (Wildman–Crippen LogP) is 4.16. The van der Waals surface area contributed by atoms with Gasteiger partial charge in [0, 0.05) is 16.4 Å². The van der Waals surface area contributed by atoms with E-state index in [2.05, 4.69) is 36.1 Å². The van der Waals surface area contributed by atoms with Crippen LogP contribution in [0.2, 0.25) is 5.28 Å². The minimum absolute atomic E-state index is 0.0165.